The first-order chi connectivity index (χ1) is 5.41. The Morgan fingerprint density at radius 2 is 2.18 bits per heavy atom. The van der Waals surface area contributed by atoms with Crippen molar-refractivity contribution in [1.29, 1.82) is 0 Å². The van der Waals surface area contributed by atoms with E-state index in [1.54, 1.807) is 0 Å². The van der Waals surface area contributed by atoms with Gasteiger partial charge in [-0.25, -0.2) is 4.79 Å². The summed E-state index contributed by atoms with van der Waals surface area (Å²) < 4.78 is 4.25. The standard InChI is InChI=1S/C9H15O2/c1-2-3-4-5-6-7-8-11-9-10/h7-8H,2-6H2,1H3. The van der Waals surface area contributed by atoms with E-state index in [-0.39, 0.29) is 0 Å². The van der Waals surface area contributed by atoms with Gasteiger partial charge in [0, 0.05) is 0 Å². The average molecular weight is 155 g/mol. The second kappa shape index (κ2) is 9.21. The first-order valence-corrected chi connectivity index (χ1v) is 4.09. The Kier molecular flexibility index (Phi) is 8.55. The molecule has 0 aliphatic heterocycles. The molecule has 0 atom stereocenters. The van der Waals surface area contributed by atoms with E-state index in [4.69, 9.17) is 0 Å². The summed E-state index contributed by atoms with van der Waals surface area (Å²) in [5.41, 5.74) is 0. The normalized spacial score (nSPS) is 10.3. The molecule has 0 aromatic rings. The Morgan fingerprint density at radius 1 is 1.36 bits per heavy atom. The molecule has 0 fully saturated rings. The molecule has 2 nitrogen and oxygen atoms in total. The molecule has 0 saturated heterocycles. The van der Waals surface area contributed by atoms with E-state index in [2.05, 4.69) is 11.7 Å². The maximum absolute atomic E-state index is 9.54. The minimum atomic E-state index is 0.988. The molecule has 0 rings (SSSR count). The Hall–Kier alpha value is -0.790. The summed E-state index contributed by atoms with van der Waals surface area (Å²) in [6, 6.07) is 0. The first-order valence-electron chi connectivity index (χ1n) is 4.09. The zero-order valence-electron chi connectivity index (χ0n) is 7.01. The van der Waals surface area contributed by atoms with Crippen molar-refractivity contribution in [2.45, 2.75) is 39.0 Å². The number of carbonyl (C=O) groups excluding carboxylic acids is 1. The highest BCUT2D eigenvalue weighted by Gasteiger charge is 1.83. The van der Waals surface area contributed by atoms with Gasteiger partial charge in [-0.1, -0.05) is 26.2 Å². The van der Waals surface area contributed by atoms with E-state index in [1.165, 1.54) is 38.4 Å². The van der Waals surface area contributed by atoms with Crippen LogP contribution in [0.25, 0.3) is 0 Å². The Morgan fingerprint density at radius 3 is 2.82 bits per heavy atom. The van der Waals surface area contributed by atoms with Crippen LogP contribution >= 0.6 is 0 Å². The predicted molar refractivity (Wildman–Crippen MR) is 44.7 cm³/mol. The van der Waals surface area contributed by atoms with Gasteiger partial charge in [-0.3, -0.25) is 0 Å². The fourth-order valence-corrected chi connectivity index (χ4v) is 0.833. The van der Waals surface area contributed by atoms with Crippen LogP contribution in [0.5, 0.6) is 0 Å². The number of hydrogen-bond acceptors (Lipinski definition) is 2. The second-order valence-electron chi connectivity index (χ2n) is 2.42. The molecule has 0 heterocycles. The molecule has 0 N–H and O–H groups in total. The molecule has 0 unspecified atom stereocenters. The lowest BCUT2D eigenvalue weighted by Crippen LogP contribution is -1.75. The lowest BCUT2D eigenvalue weighted by atomic mass is 10.2. The summed E-state index contributed by atoms with van der Waals surface area (Å²) in [7, 11) is 0. The number of ether oxygens (including phenoxy) is 1. The van der Waals surface area contributed by atoms with Crippen molar-refractivity contribution < 1.29 is 9.53 Å². The van der Waals surface area contributed by atoms with Gasteiger partial charge in [0.2, 0.25) is 0 Å². The topological polar surface area (TPSA) is 26.3 Å². The Labute approximate surface area is 68.2 Å². The smallest absolute Gasteiger partial charge is 0.422 e. The van der Waals surface area contributed by atoms with Crippen LogP contribution in [0.15, 0.2) is 12.3 Å². The third kappa shape index (κ3) is 9.21. The lowest BCUT2D eigenvalue weighted by Gasteiger charge is -1.92. The van der Waals surface area contributed by atoms with Crippen molar-refractivity contribution in [3.05, 3.63) is 12.3 Å². The average Bonchev–Trinajstić information content (AvgIpc) is 2.03. The monoisotopic (exact) mass is 155 g/mol. The van der Waals surface area contributed by atoms with Gasteiger partial charge in [-0.05, 0) is 18.9 Å². The largest absolute Gasteiger partial charge is 0.426 e. The molecule has 0 bridgehead atoms. The summed E-state index contributed by atoms with van der Waals surface area (Å²) in [6.45, 7) is 3.51. The third-order valence-corrected chi connectivity index (χ3v) is 1.44. The molecule has 0 aliphatic rings. The van der Waals surface area contributed by atoms with E-state index in [0.29, 0.717) is 0 Å². The van der Waals surface area contributed by atoms with Crippen LogP contribution in [0.4, 0.5) is 0 Å². The minimum Gasteiger partial charge on any atom is -0.426 e. The molecule has 11 heavy (non-hydrogen) atoms. The zero-order chi connectivity index (χ0) is 8.36. The molecule has 0 aromatic heterocycles. The van der Waals surface area contributed by atoms with Crippen LogP contribution in [0.1, 0.15) is 39.0 Å². The van der Waals surface area contributed by atoms with Gasteiger partial charge in [0.15, 0.2) is 0 Å². The van der Waals surface area contributed by atoms with Crippen molar-refractivity contribution in [1.82, 2.24) is 0 Å². The molecule has 0 spiro atoms. The van der Waals surface area contributed by atoms with Gasteiger partial charge in [0.05, 0.1) is 6.26 Å². The molecule has 0 saturated carbocycles. The molecular weight excluding hydrogens is 140 g/mol. The van der Waals surface area contributed by atoms with Gasteiger partial charge in [0.1, 0.15) is 0 Å². The fourth-order valence-electron chi connectivity index (χ4n) is 0.833. The number of rotatable bonds is 7. The quantitative estimate of drug-likeness (QED) is 0.417. The van der Waals surface area contributed by atoms with Crippen molar-refractivity contribution in [2.24, 2.45) is 0 Å². The van der Waals surface area contributed by atoms with Crippen molar-refractivity contribution in [3.63, 3.8) is 0 Å². The van der Waals surface area contributed by atoms with Crippen LogP contribution < -0.4 is 0 Å². The second-order valence-corrected chi connectivity index (χ2v) is 2.42. The van der Waals surface area contributed by atoms with Crippen molar-refractivity contribution >= 4 is 6.47 Å². The maximum atomic E-state index is 9.54. The number of unbranched alkanes of at least 4 members (excludes halogenated alkanes) is 4. The number of hydrogen-bond donors (Lipinski definition) is 0. The predicted octanol–water partition coefficient (Wildman–Crippen LogP) is 2.55. The summed E-state index contributed by atoms with van der Waals surface area (Å²) in [5.74, 6) is 0. The van der Waals surface area contributed by atoms with E-state index in [9.17, 15) is 4.79 Å². The van der Waals surface area contributed by atoms with Crippen LogP contribution in [-0.4, -0.2) is 6.47 Å². The molecule has 1 radical (unpaired) electrons. The van der Waals surface area contributed by atoms with E-state index in [1.807, 2.05) is 6.08 Å². The van der Waals surface area contributed by atoms with Gasteiger partial charge in [-0.15, -0.1) is 0 Å². The summed E-state index contributed by atoms with van der Waals surface area (Å²) >= 11 is 0. The van der Waals surface area contributed by atoms with Crippen molar-refractivity contribution in [2.75, 3.05) is 0 Å². The van der Waals surface area contributed by atoms with Crippen LogP contribution in [0.3, 0.4) is 0 Å². The Bertz CT molecular complexity index is 108. The molecule has 0 aromatic carbocycles. The number of allylic oxidation sites excluding steroid dienone is 1. The molecule has 0 aliphatic carbocycles. The molecule has 2 heteroatoms. The van der Waals surface area contributed by atoms with Crippen LogP contribution in [0.2, 0.25) is 0 Å². The SMILES string of the molecule is CCCCCCC=CO[C]=O. The lowest BCUT2D eigenvalue weighted by molar-refractivity contribution is 0.396. The fraction of sp³-hybridized carbons (Fsp3) is 0.667. The Balaban J connectivity index is 2.94. The highest BCUT2D eigenvalue weighted by atomic mass is 16.5. The van der Waals surface area contributed by atoms with Crippen LogP contribution in [0, 0.1) is 0 Å². The van der Waals surface area contributed by atoms with Crippen LogP contribution in [-0.2, 0) is 9.53 Å². The minimum absolute atomic E-state index is 0.988. The zero-order valence-corrected chi connectivity index (χ0v) is 7.01. The summed E-state index contributed by atoms with van der Waals surface area (Å²) in [6.07, 6.45) is 9.19. The maximum Gasteiger partial charge on any atom is 0.422 e. The molecule has 0 amide bonds. The first kappa shape index (κ1) is 10.2. The molecular formula is C9H15O2. The van der Waals surface area contributed by atoms with Gasteiger partial charge in [-0.2, -0.15) is 0 Å². The van der Waals surface area contributed by atoms with Gasteiger partial charge >= 0.3 is 6.47 Å². The summed E-state index contributed by atoms with van der Waals surface area (Å²) in [5, 5.41) is 0. The third-order valence-electron chi connectivity index (χ3n) is 1.44. The van der Waals surface area contributed by atoms with Gasteiger partial charge < -0.3 is 4.74 Å². The molecule has 63 valence electrons. The van der Waals surface area contributed by atoms with E-state index < -0.39 is 0 Å². The van der Waals surface area contributed by atoms with E-state index >= 15 is 0 Å². The van der Waals surface area contributed by atoms with Gasteiger partial charge in [0.25, 0.3) is 0 Å². The highest BCUT2D eigenvalue weighted by Crippen LogP contribution is 2.02. The highest BCUT2D eigenvalue weighted by molar-refractivity contribution is 5.39. The van der Waals surface area contributed by atoms with Crippen molar-refractivity contribution in [3.8, 4) is 0 Å². The summed E-state index contributed by atoms with van der Waals surface area (Å²) in [4.78, 5) is 9.54. The van der Waals surface area contributed by atoms with E-state index in [0.717, 1.165) is 6.42 Å².